The van der Waals surface area contributed by atoms with Crippen molar-refractivity contribution >= 4 is 23.6 Å². The summed E-state index contributed by atoms with van der Waals surface area (Å²) in [4.78, 5) is 28.1. The number of carbonyl (C=O) groups is 2. The zero-order valence-electron chi connectivity index (χ0n) is 18.8. The molecule has 0 atom stereocenters. The van der Waals surface area contributed by atoms with Crippen LogP contribution in [0.2, 0.25) is 0 Å². The van der Waals surface area contributed by atoms with Crippen LogP contribution in [0.3, 0.4) is 0 Å². The fourth-order valence-corrected chi connectivity index (χ4v) is 3.91. The molecule has 2 N–H and O–H groups in total. The van der Waals surface area contributed by atoms with Gasteiger partial charge < -0.3 is 20.0 Å². The monoisotopic (exact) mass is 443 g/mol. The number of benzene rings is 2. The third-order valence-corrected chi connectivity index (χ3v) is 5.71. The molecule has 1 aliphatic heterocycles. The molecule has 1 aliphatic rings. The molecule has 2 heterocycles. The van der Waals surface area contributed by atoms with Gasteiger partial charge in [0.1, 0.15) is 11.5 Å². The number of nitrogens with one attached hydrogen (secondary N) is 2. The molecular weight excluding hydrogens is 414 g/mol. The van der Waals surface area contributed by atoms with Crippen molar-refractivity contribution < 1.29 is 14.0 Å². The highest BCUT2D eigenvalue weighted by molar-refractivity contribution is 6.05. The molecule has 0 bridgehead atoms. The number of hydrogen-bond donors (Lipinski definition) is 2. The first-order valence-electron chi connectivity index (χ1n) is 11.3. The molecule has 6 heteroatoms. The number of rotatable bonds is 7. The molecule has 0 saturated carbocycles. The number of furan rings is 1. The zero-order chi connectivity index (χ0) is 23.0. The Kier molecular flexibility index (Phi) is 7.25. The summed E-state index contributed by atoms with van der Waals surface area (Å²) in [5.41, 5.74) is 3.79. The van der Waals surface area contributed by atoms with Crippen LogP contribution in [0.4, 0.5) is 5.69 Å². The van der Waals surface area contributed by atoms with Gasteiger partial charge in [-0.05, 0) is 68.1 Å². The van der Waals surface area contributed by atoms with E-state index in [0.29, 0.717) is 17.9 Å². The summed E-state index contributed by atoms with van der Waals surface area (Å²) in [6.07, 6.45) is 6.82. The van der Waals surface area contributed by atoms with Crippen molar-refractivity contribution in [1.82, 2.24) is 10.6 Å². The van der Waals surface area contributed by atoms with Gasteiger partial charge in [0.05, 0.1) is 6.26 Å². The van der Waals surface area contributed by atoms with Crippen molar-refractivity contribution in [2.24, 2.45) is 0 Å². The summed E-state index contributed by atoms with van der Waals surface area (Å²) in [5, 5.41) is 5.63. The van der Waals surface area contributed by atoms with Gasteiger partial charge in [-0.25, -0.2) is 0 Å². The zero-order valence-corrected chi connectivity index (χ0v) is 18.8. The lowest BCUT2D eigenvalue weighted by Gasteiger charge is -2.28. The van der Waals surface area contributed by atoms with E-state index in [0.717, 1.165) is 24.2 Å². The normalized spacial score (nSPS) is 14.1. The molecule has 1 aromatic heterocycles. The van der Waals surface area contributed by atoms with E-state index in [1.165, 1.54) is 37.3 Å². The summed E-state index contributed by atoms with van der Waals surface area (Å²) in [6, 6.07) is 19.0. The standard InChI is InChI=1S/C27H29N3O3/c1-20-7-5-8-22(17-20)26(31)29-25(18-24-9-6-16-33-24)27(32)28-19-21-10-12-23(13-11-21)30-14-3-2-4-15-30/h5-13,16-18H,2-4,14-15,19H2,1H3,(H,28,32)(H,29,31)/b25-18-. The lowest BCUT2D eigenvalue weighted by atomic mass is 10.1. The van der Waals surface area contributed by atoms with Crippen LogP contribution in [-0.4, -0.2) is 24.9 Å². The van der Waals surface area contributed by atoms with Crippen LogP contribution >= 0.6 is 0 Å². The maximum atomic E-state index is 12.9. The highest BCUT2D eigenvalue weighted by Gasteiger charge is 2.16. The van der Waals surface area contributed by atoms with E-state index < -0.39 is 0 Å². The minimum absolute atomic E-state index is 0.126. The van der Waals surface area contributed by atoms with Gasteiger partial charge in [-0.3, -0.25) is 9.59 Å². The van der Waals surface area contributed by atoms with Crippen LogP contribution < -0.4 is 15.5 Å². The van der Waals surface area contributed by atoms with E-state index >= 15 is 0 Å². The Morgan fingerprint density at radius 1 is 1.00 bits per heavy atom. The molecule has 0 aliphatic carbocycles. The van der Waals surface area contributed by atoms with E-state index in [9.17, 15) is 9.59 Å². The SMILES string of the molecule is Cc1cccc(C(=O)N/C(=C\c2ccco2)C(=O)NCc2ccc(N3CCCCC3)cc2)c1. The molecule has 170 valence electrons. The summed E-state index contributed by atoms with van der Waals surface area (Å²) >= 11 is 0. The number of nitrogens with zero attached hydrogens (tertiary/aromatic N) is 1. The lowest BCUT2D eigenvalue weighted by Crippen LogP contribution is -2.34. The largest absolute Gasteiger partial charge is 0.465 e. The van der Waals surface area contributed by atoms with Crippen LogP contribution in [0.5, 0.6) is 0 Å². The van der Waals surface area contributed by atoms with Gasteiger partial charge in [0.25, 0.3) is 11.8 Å². The van der Waals surface area contributed by atoms with Gasteiger partial charge in [-0.1, -0.05) is 29.8 Å². The Balaban J connectivity index is 1.42. The number of carbonyl (C=O) groups excluding carboxylic acids is 2. The first-order valence-corrected chi connectivity index (χ1v) is 11.3. The minimum Gasteiger partial charge on any atom is -0.465 e. The average molecular weight is 444 g/mol. The summed E-state index contributed by atoms with van der Waals surface area (Å²) < 4.78 is 5.34. The molecule has 0 unspecified atom stereocenters. The molecule has 0 radical (unpaired) electrons. The van der Waals surface area contributed by atoms with Gasteiger partial charge >= 0.3 is 0 Å². The second kappa shape index (κ2) is 10.7. The number of aryl methyl sites for hydroxylation is 1. The Hall–Kier alpha value is -3.80. The molecular formula is C27H29N3O3. The molecule has 4 rings (SSSR count). The molecule has 6 nitrogen and oxygen atoms in total. The third-order valence-electron chi connectivity index (χ3n) is 5.71. The Morgan fingerprint density at radius 3 is 2.48 bits per heavy atom. The van der Waals surface area contributed by atoms with Gasteiger partial charge in [0.2, 0.25) is 0 Å². The first kappa shape index (κ1) is 22.4. The van der Waals surface area contributed by atoms with E-state index in [1.54, 1.807) is 24.3 Å². The van der Waals surface area contributed by atoms with Crippen molar-refractivity contribution in [3.63, 3.8) is 0 Å². The number of hydrogen-bond acceptors (Lipinski definition) is 4. The predicted molar refractivity (Wildman–Crippen MR) is 130 cm³/mol. The number of piperidine rings is 1. The van der Waals surface area contributed by atoms with E-state index in [1.807, 2.05) is 31.2 Å². The molecule has 2 amide bonds. The van der Waals surface area contributed by atoms with Crippen LogP contribution in [0, 0.1) is 6.92 Å². The second-order valence-corrected chi connectivity index (χ2v) is 8.29. The van der Waals surface area contributed by atoms with E-state index in [-0.39, 0.29) is 17.5 Å². The molecule has 0 spiro atoms. The van der Waals surface area contributed by atoms with Crippen molar-refractivity contribution in [2.45, 2.75) is 32.7 Å². The van der Waals surface area contributed by atoms with Crippen molar-refractivity contribution in [2.75, 3.05) is 18.0 Å². The van der Waals surface area contributed by atoms with Crippen molar-refractivity contribution in [3.05, 3.63) is 95.1 Å². The second-order valence-electron chi connectivity index (χ2n) is 8.29. The molecule has 1 fully saturated rings. The van der Waals surface area contributed by atoms with Gasteiger partial charge in [-0.2, -0.15) is 0 Å². The lowest BCUT2D eigenvalue weighted by molar-refractivity contribution is -0.117. The smallest absolute Gasteiger partial charge is 0.268 e. The Morgan fingerprint density at radius 2 is 1.79 bits per heavy atom. The highest BCUT2D eigenvalue weighted by atomic mass is 16.3. The van der Waals surface area contributed by atoms with Crippen molar-refractivity contribution in [3.8, 4) is 0 Å². The number of anilines is 1. The fraction of sp³-hybridized carbons (Fsp3) is 0.259. The molecule has 2 aromatic carbocycles. The van der Waals surface area contributed by atoms with Crippen LogP contribution in [0.25, 0.3) is 6.08 Å². The molecule has 1 saturated heterocycles. The van der Waals surface area contributed by atoms with Gasteiger partial charge in [0.15, 0.2) is 0 Å². The topological polar surface area (TPSA) is 74.6 Å². The predicted octanol–water partition coefficient (Wildman–Crippen LogP) is 4.67. The minimum atomic E-state index is -0.382. The third kappa shape index (κ3) is 6.13. The highest BCUT2D eigenvalue weighted by Crippen LogP contribution is 2.20. The maximum Gasteiger partial charge on any atom is 0.268 e. The van der Waals surface area contributed by atoms with E-state index in [2.05, 4.69) is 27.7 Å². The summed E-state index contributed by atoms with van der Waals surface area (Å²) in [6.45, 7) is 4.46. The number of amides is 2. The van der Waals surface area contributed by atoms with Crippen LogP contribution in [0.1, 0.15) is 46.5 Å². The van der Waals surface area contributed by atoms with E-state index in [4.69, 9.17) is 4.42 Å². The van der Waals surface area contributed by atoms with Crippen LogP contribution in [-0.2, 0) is 11.3 Å². The Labute approximate surface area is 194 Å². The first-order chi connectivity index (χ1) is 16.1. The maximum absolute atomic E-state index is 12.9. The average Bonchev–Trinajstić information content (AvgIpc) is 3.36. The van der Waals surface area contributed by atoms with Crippen molar-refractivity contribution in [1.29, 1.82) is 0 Å². The summed E-state index contributed by atoms with van der Waals surface area (Å²) in [7, 11) is 0. The summed E-state index contributed by atoms with van der Waals surface area (Å²) in [5.74, 6) is -0.249. The Bertz CT molecular complexity index is 1110. The van der Waals surface area contributed by atoms with Gasteiger partial charge in [0, 0.05) is 37.0 Å². The van der Waals surface area contributed by atoms with Gasteiger partial charge in [-0.15, -0.1) is 0 Å². The van der Waals surface area contributed by atoms with Crippen LogP contribution in [0.15, 0.2) is 77.0 Å². The molecule has 33 heavy (non-hydrogen) atoms. The molecule has 3 aromatic rings. The fourth-order valence-electron chi connectivity index (χ4n) is 3.91. The quantitative estimate of drug-likeness (QED) is 0.521.